The van der Waals surface area contributed by atoms with Crippen LogP contribution in [-0.4, -0.2) is 54.7 Å². The Hall–Kier alpha value is -1.70. The Labute approximate surface area is 156 Å². The molecule has 0 aliphatic carbocycles. The van der Waals surface area contributed by atoms with E-state index >= 15 is 0 Å². The first-order valence-corrected chi connectivity index (χ1v) is 8.25. The zero-order valence-corrected chi connectivity index (χ0v) is 15.1. The molecule has 0 spiro atoms. The van der Waals surface area contributed by atoms with Crippen molar-refractivity contribution in [3.63, 3.8) is 0 Å². The van der Waals surface area contributed by atoms with Gasteiger partial charge in [0.2, 0.25) is 5.91 Å². The Bertz CT molecular complexity index is 656. The van der Waals surface area contributed by atoms with Crippen LogP contribution in [0.1, 0.15) is 12.8 Å². The molecule has 2 aliphatic heterocycles. The van der Waals surface area contributed by atoms with E-state index in [0.29, 0.717) is 54.9 Å². The number of aliphatic carboxylic acids is 1. The minimum atomic E-state index is -0.816. The van der Waals surface area contributed by atoms with Gasteiger partial charge in [-0.2, -0.15) is 0 Å². The number of likely N-dealkylation sites (tertiary alicyclic amines) is 1. The molecule has 0 bridgehead atoms. The van der Waals surface area contributed by atoms with Crippen molar-refractivity contribution in [2.75, 3.05) is 38.2 Å². The topological polar surface area (TPSA) is 88.1 Å². The number of carboxylic acids is 1. The van der Waals surface area contributed by atoms with Gasteiger partial charge < -0.3 is 19.9 Å². The van der Waals surface area contributed by atoms with Crippen molar-refractivity contribution in [1.29, 1.82) is 0 Å². The molecule has 1 aromatic carbocycles. The first-order valence-electron chi connectivity index (χ1n) is 7.87. The van der Waals surface area contributed by atoms with E-state index in [-0.39, 0.29) is 24.9 Å². The molecular formula is C16H20Cl2N2O5. The summed E-state index contributed by atoms with van der Waals surface area (Å²) in [5.74, 6) is -0.334. The van der Waals surface area contributed by atoms with E-state index in [1.54, 1.807) is 12.1 Å². The molecule has 3 rings (SSSR count). The summed E-state index contributed by atoms with van der Waals surface area (Å²) in [4.78, 5) is 25.0. The fourth-order valence-electron chi connectivity index (χ4n) is 2.85. The summed E-state index contributed by atoms with van der Waals surface area (Å²) in [6, 6.07) is 3.29. The molecule has 0 radical (unpaired) electrons. The summed E-state index contributed by atoms with van der Waals surface area (Å²) >= 11 is 6.20. The number of nitrogens with zero attached hydrogens (tertiary/aromatic N) is 1. The number of anilines is 1. The van der Waals surface area contributed by atoms with Gasteiger partial charge in [-0.3, -0.25) is 14.5 Å². The molecule has 138 valence electrons. The summed E-state index contributed by atoms with van der Waals surface area (Å²) < 4.78 is 11.1. The van der Waals surface area contributed by atoms with E-state index < -0.39 is 11.9 Å². The fourth-order valence-corrected chi connectivity index (χ4v) is 3.05. The Morgan fingerprint density at radius 2 is 1.96 bits per heavy atom. The van der Waals surface area contributed by atoms with Gasteiger partial charge in [-0.05, 0) is 13.0 Å². The Balaban J connectivity index is 0.00000225. The second-order valence-electron chi connectivity index (χ2n) is 5.94. The molecule has 9 heteroatoms. The summed E-state index contributed by atoms with van der Waals surface area (Å²) in [5.41, 5.74) is 0.458. The second-order valence-corrected chi connectivity index (χ2v) is 6.34. The Morgan fingerprint density at radius 1 is 1.28 bits per heavy atom. The Morgan fingerprint density at radius 3 is 2.60 bits per heavy atom. The van der Waals surface area contributed by atoms with E-state index in [1.807, 2.05) is 4.90 Å². The average molecular weight is 391 g/mol. The van der Waals surface area contributed by atoms with Crippen LogP contribution >= 0.6 is 24.0 Å². The molecule has 7 nitrogen and oxygen atoms in total. The number of benzene rings is 1. The molecule has 1 aromatic rings. The number of carbonyl (C=O) groups excluding carboxylic acids is 1. The van der Waals surface area contributed by atoms with Crippen LogP contribution in [0.3, 0.4) is 0 Å². The van der Waals surface area contributed by atoms with Crippen molar-refractivity contribution in [2.24, 2.45) is 5.92 Å². The fraction of sp³-hybridized carbons (Fsp3) is 0.500. The summed E-state index contributed by atoms with van der Waals surface area (Å²) in [7, 11) is 0. The third kappa shape index (κ3) is 4.90. The van der Waals surface area contributed by atoms with Crippen LogP contribution in [0, 0.1) is 5.92 Å². The lowest BCUT2D eigenvalue weighted by molar-refractivity contribution is -0.141. The maximum atomic E-state index is 12.2. The van der Waals surface area contributed by atoms with Gasteiger partial charge in [0.1, 0.15) is 0 Å². The highest BCUT2D eigenvalue weighted by molar-refractivity contribution is 6.34. The first-order chi connectivity index (χ1) is 11.5. The van der Waals surface area contributed by atoms with E-state index in [4.69, 9.17) is 26.2 Å². The molecule has 1 unspecified atom stereocenters. The maximum Gasteiger partial charge on any atom is 0.307 e. The highest BCUT2D eigenvalue weighted by atomic mass is 35.5. The molecule has 2 N–H and O–H groups in total. The van der Waals surface area contributed by atoms with Gasteiger partial charge in [-0.1, -0.05) is 11.6 Å². The van der Waals surface area contributed by atoms with Crippen molar-refractivity contribution < 1.29 is 24.2 Å². The van der Waals surface area contributed by atoms with E-state index in [1.165, 1.54) is 0 Å². The van der Waals surface area contributed by atoms with Gasteiger partial charge in [-0.25, -0.2) is 0 Å². The summed E-state index contributed by atoms with van der Waals surface area (Å²) in [6.07, 6.45) is 1.35. The maximum absolute atomic E-state index is 12.2. The first kappa shape index (κ1) is 19.6. The molecule has 1 fully saturated rings. The van der Waals surface area contributed by atoms with Gasteiger partial charge in [0.15, 0.2) is 11.5 Å². The monoisotopic (exact) mass is 390 g/mol. The SMILES string of the molecule is Cl.O=C(CN1CCC(C(=O)O)C1)Nc1cc2c(cc1Cl)OCCCO2. The van der Waals surface area contributed by atoms with E-state index in [2.05, 4.69) is 5.32 Å². The number of rotatable bonds is 4. The van der Waals surface area contributed by atoms with Crippen LogP contribution in [0.2, 0.25) is 5.02 Å². The smallest absolute Gasteiger partial charge is 0.307 e. The number of hydrogen-bond acceptors (Lipinski definition) is 5. The number of ether oxygens (including phenoxy) is 2. The van der Waals surface area contributed by atoms with Gasteiger partial charge in [-0.15, -0.1) is 12.4 Å². The standard InChI is InChI=1S/C16H19ClN2O5.ClH/c17-11-6-13-14(24-5-1-4-23-13)7-12(11)18-15(20)9-19-3-2-10(8-19)16(21)22;/h6-7,10H,1-5,8-9H2,(H,18,20)(H,21,22);1H. The molecule has 2 aliphatic rings. The van der Waals surface area contributed by atoms with Crippen molar-refractivity contribution in [2.45, 2.75) is 12.8 Å². The highest BCUT2D eigenvalue weighted by Crippen LogP contribution is 2.37. The third-order valence-corrected chi connectivity index (χ3v) is 4.41. The lowest BCUT2D eigenvalue weighted by Gasteiger charge is -2.16. The van der Waals surface area contributed by atoms with Crippen LogP contribution in [0.4, 0.5) is 5.69 Å². The average Bonchev–Trinajstić information content (AvgIpc) is 2.87. The van der Waals surface area contributed by atoms with Gasteiger partial charge in [0.05, 0.1) is 36.4 Å². The number of carboxylic acid groups (broad SMARTS) is 1. The molecule has 1 atom stereocenters. The second kappa shape index (κ2) is 8.60. The van der Waals surface area contributed by atoms with Crippen molar-refractivity contribution >= 4 is 41.6 Å². The summed E-state index contributed by atoms with van der Waals surface area (Å²) in [6.45, 7) is 2.23. The van der Waals surface area contributed by atoms with Crippen molar-refractivity contribution in [3.8, 4) is 11.5 Å². The molecule has 1 saturated heterocycles. The van der Waals surface area contributed by atoms with Crippen LogP contribution in [-0.2, 0) is 9.59 Å². The van der Waals surface area contributed by atoms with Gasteiger partial charge in [0, 0.05) is 25.1 Å². The molecular weight excluding hydrogens is 371 g/mol. The number of halogens is 2. The van der Waals surface area contributed by atoms with Crippen LogP contribution in [0.15, 0.2) is 12.1 Å². The van der Waals surface area contributed by atoms with Crippen LogP contribution in [0.5, 0.6) is 11.5 Å². The van der Waals surface area contributed by atoms with Crippen molar-refractivity contribution in [3.05, 3.63) is 17.2 Å². The largest absolute Gasteiger partial charge is 0.490 e. The number of carbonyl (C=O) groups is 2. The van der Waals surface area contributed by atoms with Gasteiger partial charge >= 0.3 is 5.97 Å². The zero-order valence-electron chi connectivity index (χ0n) is 13.5. The van der Waals surface area contributed by atoms with E-state index in [9.17, 15) is 9.59 Å². The normalized spacial score (nSPS) is 19.6. The van der Waals surface area contributed by atoms with Gasteiger partial charge in [0.25, 0.3) is 0 Å². The quantitative estimate of drug-likeness (QED) is 0.819. The zero-order chi connectivity index (χ0) is 17.1. The third-order valence-electron chi connectivity index (χ3n) is 4.10. The minimum Gasteiger partial charge on any atom is -0.490 e. The molecule has 0 saturated carbocycles. The number of nitrogens with one attached hydrogen (secondary N) is 1. The van der Waals surface area contributed by atoms with Crippen molar-refractivity contribution in [1.82, 2.24) is 4.90 Å². The number of hydrogen-bond donors (Lipinski definition) is 2. The number of fused-ring (bicyclic) bond motifs is 1. The predicted octanol–water partition coefficient (Wildman–Crippen LogP) is 2.27. The Kier molecular flexibility index (Phi) is 6.75. The lowest BCUT2D eigenvalue weighted by Crippen LogP contribution is -2.32. The minimum absolute atomic E-state index is 0. The predicted molar refractivity (Wildman–Crippen MR) is 95.1 cm³/mol. The molecule has 1 amide bonds. The van der Waals surface area contributed by atoms with E-state index in [0.717, 1.165) is 6.42 Å². The van der Waals surface area contributed by atoms with Crippen LogP contribution < -0.4 is 14.8 Å². The molecule has 25 heavy (non-hydrogen) atoms. The highest BCUT2D eigenvalue weighted by Gasteiger charge is 2.29. The van der Waals surface area contributed by atoms with Crippen LogP contribution in [0.25, 0.3) is 0 Å². The number of amides is 1. The molecule has 2 heterocycles. The lowest BCUT2D eigenvalue weighted by atomic mass is 10.1. The summed E-state index contributed by atoms with van der Waals surface area (Å²) in [5, 5.41) is 12.1. The molecule has 0 aromatic heterocycles.